The van der Waals surface area contributed by atoms with Gasteiger partial charge < -0.3 is 14.8 Å². The predicted octanol–water partition coefficient (Wildman–Crippen LogP) is 2.18. The number of methoxy groups -OCH3 is 1. The monoisotopic (exact) mass is 296 g/mol. The molecule has 21 heavy (non-hydrogen) atoms. The van der Waals surface area contributed by atoms with Gasteiger partial charge in [0.15, 0.2) is 0 Å². The molecule has 3 aliphatic rings. The summed E-state index contributed by atoms with van der Waals surface area (Å²) in [6, 6.07) is 1.48. The first kappa shape index (κ1) is 15.7. The first-order valence-corrected chi connectivity index (χ1v) is 8.92. The van der Waals surface area contributed by atoms with Crippen LogP contribution in [0.25, 0.3) is 0 Å². The number of piperidine rings is 1. The Labute approximate surface area is 129 Å². The molecule has 0 bridgehead atoms. The molecule has 2 atom stereocenters. The normalized spacial score (nSPS) is 33.0. The van der Waals surface area contributed by atoms with Crippen molar-refractivity contribution in [3.63, 3.8) is 0 Å². The van der Waals surface area contributed by atoms with E-state index >= 15 is 0 Å². The molecule has 1 aliphatic carbocycles. The van der Waals surface area contributed by atoms with E-state index in [4.69, 9.17) is 9.47 Å². The van der Waals surface area contributed by atoms with Gasteiger partial charge in [-0.2, -0.15) is 0 Å². The Morgan fingerprint density at radius 2 is 2.14 bits per heavy atom. The Morgan fingerprint density at radius 3 is 2.90 bits per heavy atom. The summed E-state index contributed by atoms with van der Waals surface area (Å²) in [5.74, 6) is 0. The van der Waals surface area contributed by atoms with E-state index in [9.17, 15) is 0 Å². The highest BCUT2D eigenvalue weighted by molar-refractivity contribution is 4.98. The summed E-state index contributed by atoms with van der Waals surface area (Å²) < 4.78 is 11.2. The second-order valence-electron chi connectivity index (χ2n) is 7.12. The van der Waals surface area contributed by atoms with Gasteiger partial charge in [0.1, 0.15) is 0 Å². The van der Waals surface area contributed by atoms with Crippen molar-refractivity contribution in [1.29, 1.82) is 0 Å². The number of hydrogen-bond acceptors (Lipinski definition) is 4. The maximum atomic E-state index is 6.11. The largest absolute Gasteiger partial charge is 0.383 e. The molecular weight excluding hydrogens is 264 g/mol. The third-order valence-electron chi connectivity index (χ3n) is 5.74. The minimum absolute atomic E-state index is 0.272. The fourth-order valence-corrected chi connectivity index (χ4v) is 4.37. The van der Waals surface area contributed by atoms with Gasteiger partial charge in [0.05, 0.1) is 12.2 Å². The van der Waals surface area contributed by atoms with Crippen molar-refractivity contribution >= 4 is 0 Å². The molecule has 0 amide bonds. The van der Waals surface area contributed by atoms with Crippen LogP contribution in [0, 0.1) is 0 Å². The number of hydrogen-bond donors (Lipinski definition) is 1. The van der Waals surface area contributed by atoms with Crippen LogP contribution in [0.4, 0.5) is 0 Å². The van der Waals surface area contributed by atoms with Crippen molar-refractivity contribution < 1.29 is 9.47 Å². The summed E-state index contributed by atoms with van der Waals surface area (Å²) in [4.78, 5) is 2.81. The molecular formula is C17H32N2O2. The van der Waals surface area contributed by atoms with Gasteiger partial charge in [-0.3, -0.25) is 4.90 Å². The van der Waals surface area contributed by atoms with Crippen molar-refractivity contribution in [2.75, 3.05) is 40.0 Å². The van der Waals surface area contributed by atoms with E-state index in [0.29, 0.717) is 0 Å². The average molecular weight is 296 g/mol. The first-order valence-electron chi connectivity index (χ1n) is 8.92. The van der Waals surface area contributed by atoms with Crippen molar-refractivity contribution in [1.82, 2.24) is 10.2 Å². The van der Waals surface area contributed by atoms with Crippen molar-refractivity contribution in [2.45, 2.75) is 69.1 Å². The number of likely N-dealkylation sites (tertiary alicyclic amines) is 1. The molecule has 122 valence electrons. The molecule has 0 aromatic rings. The van der Waals surface area contributed by atoms with Crippen molar-refractivity contribution in [3.8, 4) is 0 Å². The molecule has 2 heterocycles. The molecule has 0 aromatic heterocycles. The van der Waals surface area contributed by atoms with Gasteiger partial charge in [0, 0.05) is 38.9 Å². The minimum Gasteiger partial charge on any atom is -0.383 e. The number of nitrogens with one attached hydrogen (secondary N) is 1. The minimum atomic E-state index is 0.272. The molecule has 2 aliphatic heterocycles. The Morgan fingerprint density at radius 1 is 1.24 bits per heavy atom. The van der Waals surface area contributed by atoms with Crippen LogP contribution in [0.3, 0.4) is 0 Å². The highest BCUT2D eigenvalue weighted by atomic mass is 16.5. The zero-order valence-corrected chi connectivity index (χ0v) is 13.6. The molecule has 1 N–H and O–H groups in total. The number of ether oxygens (including phenoxy) is 2. The molecule has 3 rings (SSSR count). The van der Waals surface area contributed by atoms with Crippen LogP contribution in [-0.4, -0.2) is 62.5 Å². The molecule has 1 spiro atoms. The van der Waals surface area contributed by atoms with Gasteiger partial charge >= 0.3 is 0 Å². The molecule has 4 heteroatoms. The van der Waals surface area contributed by atoms with E-state index in [1.807, 2.05) is 0 Å². The second-order valence-corrected chi connectivity index (χ2v) is 7.12. The summed E-state index contributed by atoms with van der Waals surface area (Å²) in [5.41, 5.74) is 0.272. The fourth-order valence-electron chi connectivity index (χ4n) is 4.37. The molecule has 2 saturated heterocycles. The van der Waals surface area contributed by atoms with E-state index in [1.54, 1.807) is 7.11 Å². The lowest BCUT2D eigenvalue weighted by Gasteiger charge is -2.52. The topological polar surface area (TPSA) is 33.7 Å². The smallest absolute Gasteiger partial charge is 0.0697 e. The summed E-state index contributed by atoms with van der Waals surface area (Å²) in [6.45, 7) is 5.17. The van der Waals surface area contributed by atoms with Gasteiger partial charge in [0.2, 0.25) is 0 Å². The second kappa shape index (κ2) is 7.40. The molecule has 4 nitrogen and oxygen atoms in total. The number of rotatable bonds is 6. The molecule has 0 radical (unpaired) electrons. The van der Waals surface area contributed by atoms with Crippen LogP contribution in [0.5, 0.6) is 0 Å². The summed E-state index contributed by atoms with van der Waals surface area (Å²) in [7, 11) is 1.77. The quantitative estimate of drug-likeness (QED) is 0.762. The van der Waals surface area contributed by atoms with Gasteiger partial charge in [-0.25, -0.2) is 0 Å². The third-order valence-corrected chi connectivity index (χ3v) is 5.74. The van der Waals surface area contributed by atoms with Crippen LogP contribution in [0.2, 0.25) is 0 Å². The van der Waals surface area contributed by atoms with Crippen molar-refractivity contribution in [2.24, 2.45) is 0 Å². The molecule has 0 aromatic carbocycles. The average Bonchev–Trinajstić information content (AvgIpc) is 2.51. The lowest BCUT2D eigenvalue weighted by molar-refractivity contribution is -0.153. The lowest BCUT2D eigenvalue weighted by Crippen LogP contribution is -2.57. The Hall–Kier alpha value is -0.160. The molecule has 2 unspecified atom stereocenters. The Bertz CT molecular complexity index is 320. The highest BCUT2D eigenvalue weighted by Gasteiger charge is 2.44. The zero-order valence-electron chi connectivity index (χ0n) is 13.6. The summed E-state index contributed by atoms with van der Waals surface area (Å²) in [6.07, 6.45) is 10.6. The lowest BCUT2D eigenvalue weighted by atomic mass is 9.73. The van der Waals surface area contributed by atoms with Crippen LogP contribution in [-0.2, 0) is 9.47 Å². The van der Waals surface area contributed by atoms with Crippen LogP contribution in [0.15, 0.2) is 0 Å². The van der Waals surface area contributed by atoms with E-state index in [1.165, 1.54) is 57.9 Å². The SMILES string of the molecule is COCCNCC1CCCCN1C1CCOC2(CCC2)C1. The maximum Gasteiger partial charge on any atom is 0.0697 e. The van der Waals surface area contributed by atoms with E-state index in [-0.39, 0.29) is 5.60 Å². The molecule has 3 fully saturated rings. The summed E-state index contributed by atoms with van der Waals surface area (Å²) >= 11 is 0. The van der Waals surface area contributed by atoms with Gasteiger partial charge in [-0.1, -0.05) is 6.42 Å². The highest BCUT2D eigenvalue weighted by Crippen LogP contribution is 2.44. The fraction of sp³-hybridized carbons (Fsp3) is 1.00. The van der Waals surface area contributed by atoms with E-state index in [2.05, 4.69) is 10.2 Å². The summed E-state index contributed by atoms with van der Waals surface area (Å²) in [5, 5.41) is 3.58. The van der Waals surface area contributed by atoms with Crippen molar-refractivity contribution in [3.05, 3.63) is 0 Å². The first-order chi connectivity index (χ1) is 10.3. The molecule has 1 saturated carbocycles. The standard InChI is InChI=1S/C17H32N2O2/c1-20-12-9-18-14-16-5-2-3-10-19(16)15-6-11-21-17(13-15)7-4-8-17/h15-16,18H,2-14H2,1H3. The van der Waals surface area contributed by atoms with E-state index in [0.717, 1.165) is 38.4 Å². The Kier molecular flexibility index (Phi) is 5.54. The van der Waals surface area contributed by atoms with Gasteiger partial charge in [-0.05, 0) is 51.5 Å². The van der Waals surface area contributed by atoms with Crippen LogP contribution < -0.4 is 5.32 Å². The van der Waals surface area contributed by atoms with Crippen LogP contribution >= 0.6 is 0 Å². The van der Waals surface area contributed by atoms with Crippen LogP contribution in [0.1, 0.15) is 51.4 Å². The van der Waals surface area contributed by atoms with Gasteiger partial charge in [-0.15, -0.1) is 0 Å². The third kappa shape index (κ3) is 3.79. The Balaban J connectivity index is 1.53. The predicted molar refractivity (Wildman–Crippen MR) is 84.6 cm³/mol. The van der Waals surface area contributed by atoms with E-state index < -0.39 is 0 Å². The number of nitrogens with zero attached hydrogens (tertiary/aromatic N) is 1. The van der Waals surface area contributed by atoms with Gasteiger partial charge in [0.25, 0.3) is 0 Å². The zero-order chi connectivity index (χ0) is 14.5. The maximum absolute atomic E-state index is 6.11.